The van der Waals surface area contributed by atoms with E-state index in [9.17, 15) is 4.79 Å². The Balaban J connectivity index is 1.58. The van der Waals surface area contributed by atoms with Crippen LogP contribution < -0.4 is 10.1 Å². The second-order valence-electron chi connectivity index (χ2n) is 6.01. The number of fused-ring (bicyclic) bond motifs is 1. The van der Waals surface area contributed by atoms with E-state index in [1.54, 1.807) is 19.2 Å². The van der Waals surface area contributed by atoms with E-state index in [1.165, 1.54) is 0 Å². The first kappa shape index (κ1) is 15.7. The predicted octanol–water partition coefficient (Wildman–Crippen LogP) is 3.68. The van der Waals surface area contributed by atoms with Gasteiger partial charge in [0.2, 0.25) is 0 Å². The van der Waals surface area contributed by atoms with E-state index in [4.69, 9.17) is 9.47 Å². The zero-order valence-electron chi connectivity index (χ0n) is 13.9. The molecule has 128 valence electrons. The number of benzene rings is 2. The van der Waals surface area contributed by atoms with Gasteiger partial charge in [-0.3, -0.25) is 4.79 Å². The molecule has 1 atom stereocenters. The molecule has 1 saturated heterocycles. The van der Waals surface area contributed by atoms with E-state index >= 15 is 0 Å². The number of anilines is 1. The zero-order valence-corrected chi connectivity index (χ0v) is 13.9. The van der Waals surface area contributed by atoms with Gasteiger partial charge in [-0.05, 0) is 43.2 Å². The number of aromatic amines is 1. The maximum atomic E-state index is 12.5. The fourth-order valence-corrected chi connectivity index (χ4v) is 3.08. The quantitative estimate of drug-likeness (QED) is 0.761. The number of nitrogens with one attached hydrogen (secondary N) is 2. The van der Waals surface area contributed by atoms with E-state index < -0.39 is 0 Å². The number of methoxy groups -OCH3 is 1. The summed E-state index contributed by atoms with van der Waals surface area (Å²) in [7, 11) is 1.55. The molecule has 0 saturated carbocycles. The summed E-state index contributed by atoms with van der Waals surface area (Å²) in [4.78, 5) is 20.4. The highest BCUT2D eigenvalue weighted by molar-refractivity contribution is 6.06. The van der Waals surface area contributed by atoms with Gasteiger partial charge in [-0.25, -0.2) is 4.98 Å². The fraction of sp³-hybridized carbons (Fsp3) is 0.263. The smallest absolute Gasteiger partial charge is 0.259 e. The van der Waals surface area contributed by atoms with Crippen LogP contribution in [0, 0.1) is 0 Å². The third-order valence-electron chi connectivity index (χ3n) is 4.34. The van der Waals surface area contributed by atoms with E-state index in [0.29, 0.717) is 17.0 Å². The molecule has 1 aromatic heterocycles. The summed E-state index contributed by atoms with van der Waals surface area (Å²) < 4.78 is 10.9. The van der Waals surface area contributed by atoms with Gasteiger partial charge in [-0.2, -0.15) is 0 Å². The highest BCUT2D eigenvalue weighted by Gasteiger charge is 2.21. The van der Waals surface area contributed by atoms with Crippen LogP contribution in [-0.2, 0) is 4.74 Å². The molecule has 6 heteroatoms. The van der Waals surface area contributed by atoms with Gasteiger partial charge in [-0.15, -0.1) is 0 Å². The average Bonchev–Trinajstić information content (AvgIpc) is 3.30. The Hall–Kier alpha value is -2.86. The molecular weight excluding hydrogens is 318 g/mol. The van der Waals surface area contributed by atoms with E-state index in [-0.39, 0.29) is 12.0 Å². The van der Waals surface area contributed by atoms with E-state index in [0.717, 1.165) is 36.3 Å². The number of para-hydroxylation sites is 1. The van der Waals surface area contributed by atoms with Gasteiger partial charge in [0.05, 0.1) is 23.7 Å². The maximum Gasteiger partial charge on any atom is 0.259 e. The first-order valence-electron chi connectivity index (χ1n) is 8.30. The van der Waals surface area contributed by atoms with Crippen LogP contribution in [0.25, 0.3) is 11.0 Å². The summed E-state index contributed by atoms with van der Waals surface area (Å²) in [6, 6.07) is 12.8. The van der Waals surface area contributed by atoms with Crippen LogP contribution in [0.1, 0.15) is 35.1 Å². The lowest BCUT2D eigenvalue weighted by Gasteiger charge is -2.09. The molecule has 2 N–H and O–H groups in total. The molecule has 0 aliphatic carbocycles. The monoisotopic (exact) mass is 337 g/mol. The number of amides is 1. The standard InChI is InChI=1S/C19H19N3O3/c1-24-16-6-3-2-5-13(16)19(23)20-12-8-9-14-15(11-12)22-18(21-14)17-7-4-10-25-17/h2-3,5-6,8-9,11,17H,4,7,10H2,1H3,(H,20,23)(H,21,22)/t17-/m0/s1. The highest BCUT2D eigenvalue weighted by Crippen LogP contribution is 2.29. The van der Waals surface area contributed by atoms with Gasteiger partial charge in [0, 0.05) is 12.3 Å². The molecule has 3 aromatic rings. The van der Waals surface area contributed by atoms with Gasteiger partial charge >= 0.3 is 0 Å². The molecule has 0 spiro atoms. The fourth-order valence-electron chi connectivity index (χ4n) is 3.08. The van der Waals surface area contributed by atoms with Crippen LogP contribution in [0.15, 0.2) is 42.5 Å². The molecule has 0 bridgehead atoms. The minimum atomic E-state index is -0.212. The maximum absolute atomic E-state index is 12.5. The molecule has 2 aromatic carbocycles. The Bertz CT molecular complexity index is 913. The van der Waals surface area contributed by atoms with Crippen LogP contribution >= 0.6 is 0 Å². The van der Waals surface area contributed by atoms with E-state index in [1.807, 2.05) is 30.3 Å². The predicted molar refractivity (Wildman–Crippen MR) is 95.0 cm³/mol. The second kappa shape index (κ2) is 6.57. The van der Waals surface area contributed by atoms with Gasteiger partial charge in [-0.1, -0.05) is 12.1 Å². The molecule has 4 rings (SSSR count). The Kier molecular flexibility index (Phi) is 4.11. The van der Waals surface area contributed by atoms with Gasteiger partial charge in [0.1, 0.15) is 17.7 Å². The minimum Gasteiger partial charge on any atom is -0.496 e. The number of H-pyrrole nitrogens is 1. The Labute approximate surface area is 145 Å². The van der Waals surface area contributed by atoms with Crippen molar-refractivity contribution in [2.45, 2.75) is 18.9 Å². The summed E-state index contributed by atoms with van der Waals surface area (Å²) >= 11 is 0. The lowest BCUT2D eigenvalue weighted by molar-refractivity contribution is 0.102. The summed E-state index contributed by atoms with van der Waals surface area (Å²) in [5.41, 5.74) is 2.94. The number of ether oxygens (including phenoxy) is 2. The largest absolute Gasteiger partial charge is 0.496 e. The number of rotatable bonds is 4. The third-order valence-corrected chi connectivity index (χ3v) is 4.34. The molecule has 1 aliphatic heterocycles. The van der Waals surface area contributed by atoms with Crippen molar-refractivity contribution in [1.82, 2.24) is 9.97 Å². The summed E-state index contributed by atoms with van der Waals surface area (Å²) in [6.07, 6.45) is 2.08. The van der Waals surface area contributed by atoms with E-state index in [2.05, 4.69) is 15.3 Å². The van der Waals surface area contributed by atoms with Crippen molar-refractivity contribution >= 4 is 22.6 Å². The van der Waals surface area contributed by atoms with Gasteiger partial charge in [0.15, 0.2) is 0 Å². The Morgan fingerprint density at radius 1 is 1.32 bits per heavy atom. The van der Waals surface area contributed by atoms with Crippen LogP contribution in [0.3, 0.4) is 0 Å². The van der Waals surface area contributed by atoms with Crippen LogP contribution in [0.2, 0.25) is 0 Å². The van der Waals surface area contributed by atoms with Crippen LogP contribution in [0.5, 0.6) is 5.75 Å². The summed E-state index contributed by atoms with van der Waals surface area (Å²) in [6.45, 7) is 0.780. The lowest BCUT2D eigenvalue weighted by Crippen LogP contribution is -2.13. The third kappa shape index (κ3) is 3.08. The first-order valence-corrected chi connectivity index (χ1v) is 8.30. The number of hydrogen-bond acceptors (Lipinski definition) is 4. The van der Waals surface area contributed by atoms with Crippen molar-refractivity contribution < 1.29 is 14.3 Å². The molecular formula is C19H19N3O3. The van der Waals surface area contributed by atoms with Crippen molar-refractivity contribution in [3.8, 4) is 5.75 Å². The second-order valence-corrected chi connectivity index (χ2v) is 6.01. The minimum absolute atomic E-state index is 0.0408. The molecule has 1 aliphatic rings. The molecule has 0 radical (unpaired) electrons. The molecule has 2 heterocycles. The van der Waals surface area contributed by atoms with Crippen molar-refractivity contribution in [1.29, 1.82) is 0 Å². The number of imidazole rings is 1. The summed E-state index contributed by atoms with van der Waals surface area (Å²) in [5.74, 6) is 1.18. The lowest BCUT2D eigenvalue weighted by atomic mass is 10.2. The highest BCUT2D eigenvalue weighted by atomic mass is 16.5. The number of carbonyl (C=O) groups is 1. The Morgan fingerprint density at radius 2 is 2.20 bits per heavy atom. The van der Waals surface area contributed by atoms with Crippen molar-refractivity contribution in [2.24, 2.45) is 0 Å². The number of hydrogen-bond donors (Lipinski definition) is 2. The molecule has 6 nitrogen and oxygen atoms in total. The SMILES string of the molecule is COc1ccccc1C(=O)Nc1ccc2nc([C@@H]3CCCO3)[nH]c2c1. The molecule has 0 unspecified atom stereocenters. The molecule has 1 amide bonds. The van der Waals surface area contributed by atoms with Gasteiger partial charge in [0.25, 0.3) is 5.91 Å². The topological polar surface area (TPSA) is 76.2 Å². The normalized spacial score (nSPS) is 16.9. The van der Waals surface area contributed by atoms with Crippen molar-refractivity contribution in [3.63, 3.8) is 0 Å². The van der Waals surface area contributed by atoms with Crippen molar-refractivity contribution in [3.05, 3.63) is 53.9 Å². The van der Waals surface area contributed by atoms with Crippen LogP contribution in [0.4, 0.5) is 5.69 Å². The average molecular weight is 337 g/mol. The van der Waals surface area contributed by atoms with Crippen LogP contribution in [-0.4, -0.2) is 29.6 Å². The number of carbonyl (C=O) groups excluding carboxylic acids is 1. The number of nitrogens with zero attached hydrogens (tertiary/aromatic N) is 1. The number of aromatic nitrogens is 2. The first-order chi connectivity index (χ1) is 12.2. The summed E-state index contributed by atoms with van der Waals surface area (Å²) in [5, 5.41) is 2.91. The van der Waals surface area contributed by atoms with Crippen molar-refractivity contribution in [2.75, 3.05) is 19.0 Å². The zero-order chi connectivity index (χ0) is 17.2. The molecule has 1 fully saturated rings. The van der Waals surface area contributed by atoms with Gasteiger partial charge < -0.3 is 19.8 Å². The molecule has 25 heavy (non-hydrogen) atoms. The Morgan fingerprint density at radius 3 is 3.00 bits per heavy atom.